The Labute approximate surface area is 146 Å². The zero-order valence-electron chi connectivity index (χ0n) is 14.9. The number of rotatable bonds is 8. The van der Waals surface area contributed by atoms with E-state index in [0.29, 0.717) is 18.2 Å². The summed E-state index contributed by atoms with van der Waals surface area (Å²) in [6.45, 7) is 3.93. The van der Waals surface area contributed by atoms with E-state index in [4.69, 9.17) is 14.2 Å². The lowest BCUT2D eigenvalue weighted by Crippen LogP contribution is -2.42. The molecule has 0 fully saturated rings. The first-order valence-corrected chi connectivity index (χ1v) is 7.84. The maximum atomic E-state index is 12.0. The van der Waals surface area contributed by atoms with Crippen LogP contribution in [0.5, 0.6) is 11.5 Å². The third kappa shape index (κ3) is 7.11. The molecule has 3 amide bonds. The van der Waals surface area contributed by atoms with Crippen LogP contribution < -0.4 is 20.1 Å². The average Bonchev–Trinajstić information content (AvgIpc) is 2.58. The Morgan fingerprint density at radius 3 is 2.44 bits per heavy atom. The zero-order chi connectivity index (χ0) is 18.8. The summed E-state index contributed by atoms with van der Waals surface area (Å²) >= 11 is 0. The normalized spacial score (nSPS) is 10.1. The van der Waals surface area contributed by atoms with Crippen LogP contribution in [0.25, 0.3) is 0 Å². The molecule has 0 aliphatic rings. The van der Waals surface area contributed by atoms with Gasteiger partial charge in [0, 0.05) is 12.6 Å². The van der Waals surface area contributed by atoms with Crippen LogP contribution in [0.4, 0.5) is 4.79 Å². The van der Waals surface area contributed by atoms with E-state index < -0.39 is 24.5 Å². The third-order valence-electron chi connectivity index (χ3n) is 3.22. The Morgan fingerprint density at radius 1 is 1.12 bits per heavy atom. The largest absolute Gasteiger partial charge is 0.497 e. The van der Waals surface area contributed by atoms with E-state index in [9.17, 15) is 14.4 Å². The van der Waals surface area contributed by atoms with Crippen molar-refractivity contribution in [1.29, 1.82) is 0 Å². The van der Waals surface area contributed by atoms with Gasteiger partial charge < -0.3 is 19.5 Å². The summed E-state index contributed by atoms with van der Waals surface area (Å²) in [6, 6.07) is 3.94. The number of carbonyl (C=O) groups is 3. The van der Waals surface area contributed by atoms with Crippen molar-refractivity contribution in [2.45, 2.75) is 20.3 Å². The molecule has 0 aliphatic carbocycles. The number of hydrogen-bond donors (Lipinski definition) is 2. The molecule has 0 radical (unpaired) electrons. The molecular formula is C17H24N2O6. The zero-order valence-corrected chi connectivity index (χ0v) is 14.9. The molecule has 0 heterocycles. The van der Waals surface area contributed by atoms with Crippen molar-refractivity contribution in [3.8, 4) is 11.5 Å². The minimum absolute atomic E-state index is 0.150. The van der Waals surface area contributed by atoms with Gasteiger partial charge >= 0.3 is 12.0 Å². The van der Waals surface area contributed by atoms with Crippen LogP contribution in [0.15, 0.2) is 18.2 Å². The van der Waals surface area contributed by atoms with Gasteiger partial charge in [-0.3, -0.25) is 10.1 Å². The highest BCUT2D eigenvalue weighted by Crippen LogP contribution is 2.25. The van der Waals surface area contributed by atoms with Gasteiger partial charge in [-0.25, -0.2) is 9.59 Å². The fourth-order valence-electron chi connectivity index (χ4n) is 1.86. The number of amides is 3. The van der Waals surface area contributed by atoms with Crippen molar-refractivity contribution >= 4 is 17.9 Å². The van der Waals surface area contributed by atoms with Gasteiger partial charge in [0.1, 0.15) is 17.1 Å². The van der Waals surface area contributed by atoms with Crippen molar-refractivity contribution in [1.82, 2.24) is 10.6 Å². The SMILES string of the molecule is COc1ccc(C(=O)OCC(=O)NC(=O)NCCC(C)C)c(OC)c1. The minimum Gasteiger partial charge on any atom is -0.497 e. The van der Waals surface area contributed by atoms with Crippen molar-refractivity contribution in [3.63, 3.8) is 0 Å². The highest BCUT2D eigenvalue weighted by Gasteiger charge is 2.17. The summed E-state index contributed by atoms with van der Waals surface area (Å²) in [4.78, 5) is 35.2. The Kier molecular flexibility index (Phi) is 8.25. The predicted octanol–water partition coefficient (Wildman–Crippen LogP) is 1.73. The molecule has 1 rings (SSSR count). The maximum absolute atomic E-state index is 12.0. The van der Waals surface area contributed by atoms with Crippen LogP contribution >= 0.6 is 0 Å². The number of urea groups is 1. The Bertz CT molecular complexity index is 615. The van der Waals surface area contributed by atoms with Crippen LogP contribution in [0.1, 0.15) is 30.6 Å². The molecule has 8 nitrogen and oxygen atoms in total. The predicted molar refractivity (Wildman–Crippen MR) is 90.8 cm³/mol. The lowest BCUT2D eigenvalue weighted by atomic mass is 10.1. The average molecular weight is 352 g/mol. The summed E-state index contributed by atoms with van der Waals surface area (Å²) < 4.78 is 15.0. The summed E-state index contributed by atoms with van der Waals surface area (Å²) in [7, 11) is 2.89. The van der Waals surface area contributed by atoms with Crippen LogP contribution in [0, 0.1) is 5.92 Å². The van der Waals surface area contributed by atoms with Crippen LogP contribution in [0.2, 0.25) is 0 Å². The number of carbonyl (C=O) groups excluding carboxylic acids is 3. The molecule has 0 saturated heterocycles. The molecule has 0 bridgehead atoms. The van der Waals surface area contributed by atoms with Crippen molar-refractivity contribution in [3.05, 3.63) is 23.8 Å². The Morgan fingerprint density at radius 2 is 1.84 bits per heavy atom. The number of hydrogen-bond acceptors (Lipinski definition) is 6. The number of esters is 1. The molecule has 2 N–H and O–H groups in total. The first kappa shape index (κ1) is 20.3. The number of methoxy groups -OCH3 is 2. The molecule has 25 heavy (non-hydrogen) atoms. The lowest BCUT2D eigenvalue weighted by molar-refractivity contribution is -0.123. The second-order valence-corrected chi connectivity index (χ2v) is 5.63. The second kappa shape index (κ2) is 10.2. The molecular weight excluding hydrogens is 328 g/mol. The van der Waals surface area contributed by atoms with E-state index in [1.165, 1.54) is 26.4 Å². The number of imide groups is 1. The van der Waals surface area contributed by atoms with Crippen molar-refractivity contribution in [2.24, 2.45) is 5.92 Å². The van der Waals surface area contributed by atoms with Crippen LogP contribution in [-0.2, 0) is 9.53 Å². The third-order valence-corrected chi connectivity index (χ3v) is 3.22. The van der Waals surface area contributed by atoms with E-state index in [-0.39, 0.29) is 11.3 Å². The van der Waals surface area contributed by atoms with E-state index in [1.807, 2.05) is 13.8 Å². The number of nitrogens with one attached hydrogen (secondary N) is 2. The molecule has 138 valence electrons. The molecule has 0 spiro atoms. The lowest BCUT2D eigenvalue weighted by Gasteiger charge is -2.11. The number of benzene rings is 1. The highest BCUT2D eigenvalue weighted by molar-refractivity contribution is 5.97. The number of ether oxygens (including phenoxy) is 3. The molecule has 0 atom stereocenters. The summed E-state index contributed by atoms with van der Waals surface area (Å²) in [5, 5.41) is 4.64. The van der Waals surface area contributed by atoms with E-state index in [2.05, 4.69) is 10.6 Å². The fraction of sp³-hybridized carbons (Fsp3) is 0.471. The summed E-state index contributed by atoms with van der Waals surface area (Å²) in [6.07, 6.45) is 0.799. The van der Waals surface area contributed by atoms with E-state index >= 15 is 0 Å². The Balaban J connectivity index is 2.48. The van der Waals surface area contributed by atoms with Gasteiger partial charge in [-0.2, -0.15) is 0 Å². The van der Waals surface area contributed by atoms with Crippen LogP contribution in [-0.4, -0.2) is 45.3 Å². The molecule has 1 aromatic rings. The monoisotopic (exact) mass is 352 g/mol. The molecule has 1 aromatic carbocycles. The summed E-state index contributed by atoms with van der Waals surface area (Å²) in [5.74, 6) is -0.241. The minimum atomic E-state index is -0.741. The van der Waals surface area contributed by atoms with Crippen molar-refractivity contribution in [2.75, 3.05) is 27.4 Å². The molecule has 0 aromatic heterocycles. The van der Waals surface area contributed by atoms with Gasteiger partial charge in [0.25, 0.3) is 5.91 Å². The van der Waals surface area contributed by atoms with Gasteiger partial charge in [0.15, 0.2) is 6.61 Å². The van der Waals surface area contributed by atoms with Gasteiger partial charge in [-0.15, -0.1) is 0 Å². The van der Waals surface area contributed by atoms with E-state index in [1.54, 1.807) is 6.07 Å². The van der Waals surface area contributed by atoms with Gasteiger partial charge in [0.05, 0.1) is 14.2 Å². The molecule has 0 saturated carbocycles. The standard InChI is InChI=1S/C17H24N2O6/c1-11(2)7-8-18-17(22)19-15(20)10-25-16(21)13-6-5-12(23-3)9-14(13)24-4/h5-6,9,11H,7-8,10H2,1-4H3,(H2,18,19,20,22). The van der Waals surface area contributed by atoms with Crippen LogP contribution in [0.3, 0.4) is 0 Å². The van der Waals surface area contributed by atoms with Gasteiger partial charge in [0.2, 0.25) is 0 Å². The molecule has 0 aliphatic heterocycles. The molecule has 0 unspecified atom stereocenters. The van der Waals surface area contributed by atoms with Gasteiger partial charge in [-0.05, 0) is 24.5 Å². The molecule has 8 heteroatoms. The first-order chi connectivity index (χ1) is 11.9. The van der Waals surface area contributed by atoms with E-state index in [0.717, 1.165) is 6.42 Å². The van der Waals surface area contributed by atoms with Gasteiger partial charge in [-0.1, -0.05) is 13.8 Å². The Hall–Kier alpha value is -2.77. The van der Waals surface area contributed by atoms with Crippen molar-refractivity contribution < 1.29 is 28.6 Å². The summed E-state index contributed by atoms with van der Waals surface area (Å²) in [5.41, 5.74) is 0.150. The topological polar surface area (TPSA) is 103 Å². The first-order valence-electron chi connectivity index (χ1n) is 7.84. The smallest absolute Gasteiger partial charge is 0.342 e. The maximum Gasteiger partial charge on any atom is 0.342 e. The second-order valence-electron chi connectivity index (χ2n) is 5.63. The fourth-order valence-corrected chi connectivity index (χ4v) is 1.86. The quantitative estimate of drug-likeness (QED) is 0.691. The highest BCUT2D eigenvalue weighted by atomic mass is 16.5.